The van der Waals surface area contributed by atoms with Crippen LogP contribution in [0.3, 0.4) is 0 Å². The summed E-state index contributed by atoms with van der Waals surface area (Å²) in [6.07, 6.45) is 0.316. The van der Waals surface area contributed by atoms with Gasteiger partial charge in [-0.05, 0) is 11.8 Å². The molecule has 1 heterocycles. The molecule has 8 heteroatoms. The molecule has 0 aliphatic carbocycles. The van der Waals surface area contributed by atoms with E-state index in [0.29, 0.717) is 78.3 Å². The van der Waals surface area contributed by atoms with E-state index in [4.69, 9.17) is 23.7 Å². The Morgan fingerprint density at radius 2 is 1.21 bits per heavy atom. The van der Waals surface area contributed by atoms with E-state index < -0.39 is 0 Å². The number of amides is 2. The molecule has 170 valence electrons. The Kier molecular flexibility index (Phi) is 14.1. The van der Waals surface area contributed by atoms with E-state index >= 15 is 0 Å². The second kappa shape index (κ2) is 15.7. The summed E-state index contributed by atoms with van der Waals surface area (Å²) in [6, 6.07) is 0. The van der Waals surface area contributed by atoms with Crippen LogP contribution < -0.4 is 0 Å². The zero-order chi connectivity index (χ0) is 21.5. The van der Waals surface area contributed by atoms with E-state index in [0.717, 1.165) is 6.61 Å². The van der Waals surface area contributed by atoms with Gasteiger partial charge in [0.2, 0.25) is 11.8 Å². The molecule has 1 saturated heterocycles. The van der Waals surface area contributed by atoms with Crippen molar-refractivity contribution in [1.82, 2.24) is 4.90 Å². The summed E-state index contributed by atoms with van der Waals surface area (Å²) in [4.78, 5) is 25.4. The second-order valence-corrected chi connectivity index (χ2v) is 7.86. The standard InChI is InChI=1S/C21H39NO7/c1-17(2)16-29-14-13-28-12-11-27-10-9-26-8-7-25-6-5-22-20(23)15-19(18(3)4)21(22)24/h17-19H,5-16H2,1-4H3. The summed E-state index contributed by atoms with van der Waals surface area (Å²) >= 11 is 0. The maximum Gasteiger partial charge on any atom is 0.233 e. The maximum atomic E-state index is 12.2. The van der Waals surface area contributed by atoms with Crippen LogP contribution in [-0.4, -0.2) is 89.3 Å². The summed E-state index contributed by atoms with van der Waals surface area (Å²) in [7, 11) is 0. The minimum absolute atomic E-state index is 0.0749. The highest BCUT2D eigenvalue weighted by atomic mass is 16.6. The van der Waals surface area contributed by atoms with Gasteiger partial charge in [0, 0.05) is 18.9 Å². The van der Waals surface area contributed by atoms with Crippen molar-refractivity contribution < 1.29 is 33.3 Å². The minimum atomic E-state index is -0.186. The first kappa shape index (κ1) is 26.0. The lowest BCUT2D eigenvalue weighted by Crippen LogP contribution is -2.34. The van der Waals surface area contributed by atoms with Gasteiger partial charge in [-0.1, -0.05) is 27.7 Å². The third kappa shape index (κ3) is 11.6. The predicted octanol–water partition coefficient (Wildman–Crippen LogP) is 1.76. The number of carbonyl (C=O) groups is 2. The number of carbonyl (C=O) groups excluding carboxylic acids is 2. The summed E-state index contributed by atoms with van der Waals surface area (Å²) in [6.45, 7) is 13.7. The van der Waals surface area contributed by atoms with Gasteiger partial charge in [-0.25, -0.2) is 0 Å². The lowest BCUT2D eigenvalue weighted by Gasteiger charge is -2.16. The zero-order valence-corrected chi connectivity index (χ0v) is 18.5. The van der Waals surface area contributed by atoms with Gasteiger partial charge in [0.15, 0.2) is 0 Å². The van der Waals surface area contributed by atoms with Gasteiger partial charge in [-0.15, -0.1) is 0 Å². The van der Waals surface area contributed by atoms with Crippen LogP contribution in [0.2, 0.25) is 0 Å². The third-order valence-corrected chi connectivity index (χ3v) is 4.48. The average molecular weight is 418 g/mol. The van der Waals surface area contributed by atoms with Crippen molar-refractivity contribution in [3.05, 3.63) is 0 Å². The number of hydrogen-bond acceptors (Lipinski definition) is 7. The number of hydrogen-bond donors (Lipinski definition) is 0. The van der Waals surface area contributed by atoms with E-state index in [1.54, 1.807) is 0 Å². The van der Waals surface area contributed by atoms with Crippen molar-refractivity contribution in [2.24, 2.45) is 17.8 Å². The largest absolute Gasteiger partial charge is 0.379 e. The average Bonchev–Trinajstić information content (AvgIpc) is 2.95. The number of nitrogens with zero attached hydrogens (tertiary/aromatic N) is 1. The molecular formula is C21H39NO7. The quantitative estimate of drug-likeness (QED) is 0.248. The molecule has 1 fully saturated rings. The maximum absolute atomic E-state index is 12.2. The highest BCUT2D eigenvalue weighted by molar-refractivity contribution is 6.03. The topological polar surface area (TPSA) is 83.5 Å². The Balaban J connectivity index is 1.84. The highest BCUT2D eigenvalue weighted by Gasteiger charge is 2.39. The number of ether oxygens (including phenoxy) is 5. The van der Waals surface area contributed by atoms with Crippen LogP contribution in [0.25, 0.3) is 0 Å². The fraction of sp³-hybridized carbons (Fsp3) is 0.905. The Hall–Kier alpha value is -1.06. The van der Waals surface area contributed by atoms with Crippen molar-refractivity contribution in [1.29, 1.82) is 0 Å². The van der Waals surface area contributed by atoms with Crippen molar-refractivity contribution in [3.63, 3.8) is 0 Å². The summed E-state index contributed by atoms with van der Waals surface area (Å²) < 4.78 is 27.1. The Labute approximate surface area is 175 Å². The molecule has 0 spiro atoms. The van der Waals surface area contributed by atoms with E-state index in [9.17, 15) is 9.59 Å². The molecule has 0 aromatic rings. The molecule has 2 amide bonds. The highest BCUT2D eigenvalue weighted by Crippen LogP contribution is 2.25. The molecule has 1 aliphatic heterocycles. The molecule has 0 aromatic carbocycles. The van der Waals surface area contributed by atoms with Crippen molar-refractivity contribution in [2.75, 3.05) is 72.6 Å². The van der Waals surface area contributed by atoms with Crippen molar-refractivity contribution in [2.45, 2.75) is 34.1 Å². The molecule has 29 heavy (non-hydrogen) atoms. The Morgan fingerprint density at radius 3 is 1.62 bits per heavy atom. The van der Waals surface area contributed by atoms with E-state index in [1.165, 1.54) is 4.90 Å². The molecular weight excluding hydrogens is 378 g/mol. The first-order valence-corrected chi connectivity index (χ1v) is 10.7. The smallest absolute Gasteiger partial charge is 0.233 e. The molecule has 8 nitrogen and oxygen atoms in total. The van der Waals surface area contributed by atoms with Gasteiger partial charge in [0.25, 0.3) is 0 Å². The third-order valence-electron chi connectivity index (χ3n) is 4.48. The first-order valence-electron chi connectivity index (χ1n) is 10.7. The molecule has 0 aromatic heterocycles. The Morgan fingerprint density at radius 1 is 0.759 bits per heavy atom. The van der Waals surface area contributed by atoms with Crippen LogP contribution in [0.5, 0.6) is 0 Å². The summed E-state index contributed by atoms with van der Waals surface area (Å²) in [5.41, 5.74) is 0. The summed E-state index contributed by atoms with van der Waals surface area (Å²) in [5.74, 6) is 0.365. The van der Waals surface area contributed by atoms with Crippen LogP contribution in [0.15, 0.2) is 0 Å². The zero-order valence-electron chi connectivity index (χ0n) is 18.5. The van der Waals surface area contributed by atoms with Crippen molar-refractivity contribution in [3.8, 4) is 0 Å². The molecule has 1 rings (SSSR count). The predicted molar refractivity (Wildman–Crippen MR) is 109 cm³/mol. The fourth-order valence-electron chi connectivity index (χ4n) is 2.82. The van der Waals surface area contributed by atoms with Gasteiger partial charge >= 0.3 is 0 Å². The van der Waals surface area contributed by atoms with Crippen LogP contribution >= 0.6 is 0 Å². The van der Waals surface area contributed by atoms with Crippen LogP contribution in [0.1, 0.15) is 34.1 Å². The normalized spacial score (nSPS) is 17.3. The molecule has 1 aliphatic rings. The fourth-order valence-corrected chi connectivity index (χ4v) is 2.82. The monoisotopic (exact) mass is 417 g/mol. The van der Waals surface area contributed by atoms with Gasteiger partial charge < -0.3 is 23.7 Å². The van der Waals surface area contributed by atoms with Gasteiger partial charge in [0.05, 0.1) is 66.0 Å². The molecule has 0 N–H and O–H groups in total. The number of rotatable bonds is 18. The van der Waals surface area contributed by atoms with Gasteiger partial charge in [-0.3, -0.25) is 14.5 Å². The van der Waals surface area contributed by atoms with E-state index in [1.807, 2.05) is 13.8 Å². The van der Waals surface area contributed by atoms with Crippen molar-refractivity contribution >= 4 is 11.8 Å². The van der Waals surface area contributed by atoms with Crippen LogP contribution in [-0.2, 0) is 33.3 Å². The summed E-state index contributed by atoms with van der Waals surface area (Å²) in [5, 5.41) is 0. The van der Waals surface area contributed by atoms with E-state index in [2.05, 4.69) is 13.8 Å². The molecule has 0 saturated carbocycles. The lowest BCUT2D eigenvalue weighted by molar-refractivity contribution is -0.140. The van der Waals surface area contributed by atoms with Crippen LogP contribution in [0.4, 0.5) is 0 Å². The number of imide groups is 1. The second-order valence-electron chi connectivity index (χ2n) is 7.86. The molecule has 1 unspecified atom stereocenters. The van der Waals surface area contributed by atoms with Gasteiger partial charge in [0.1, 0.15) is 0 Å². The van der Waals surface area contributed by atoms with Gasteiger partial charge in [-0.2, -0.15) is 0 Å². The van der Waals surface area contributed by atoms with Crippen LogP contribution in [0, 0.1) is 17.8 Å². The lowest BCUT2D eigenvalue weighted by atomic mass is 9.94. The first-order chi connectivity index (χ1) is 13.9. The molecule has 0 radical (unpaired) electrons. The molecule has 1 atom stereocenters. The molecule has 0 bridgehead atoms. The van der Waals surface area contributed by atoms with E-state index in [-0.39, 0.29) is 23.7 Å². The SMILES string of the molecule is CC(C)COCCOCCOCCOCCOCCN1C(=O)CC(C(C)C)C1=O. The minimum Gasteiger partial charge on any atom is -0.379 e. The number of likely N-dealkylation sites (tertiary alicyclic amines) is 1. The Bertz CT molecular complexity index is 456.